The van der Waals surface area contributed by atoms with Crippen LogP contribution in [0.5, 0.6) is 0 Å². The van der Waals surface area contributed by atoms with Crippen LogP contribution in [0.25, 0.3) is 88.0 Å². The van der Waals surface area contributed by atoms with E-state index in [0.717, 1.165) is 44.1 Å². The zero-order valence-electron chi connectivity index (χ0n) is 25.1. The molecule has 10 rings (SSSR count). The summed E-state index contributed by atoms with van der Waals surface area (Å²) in [5, 5.41) is 7.66. The first kappa shape index (κ1) is 26.3. The molecule has 3 heterocycles. The molecule has 0 N–H and O–H groups in total. The lowest BCUT2D eigenvalue weighted by atomic mass is 9.99. The number of hydrogen-bond donors (Lipinski definition) is 0. The van der Waals surface area contributed by atoms with E-state index >= 15 is 0 Å². The van der Waals surface area contributed by atoms with Crippen molar-refractivity contribution in [2.24, 2.45) is 0 Å². The zero-order valence-corrected chi connectivity index (χ0v) is 25.9. The van der Waals surface area contributed by atoms with Crippen LogP contribution in [0.4, 0.5) is 0 Å². The van der Waals surface area contributed by atoms with Crippen LogP contribution < -0.4 is 0 Å². The van der Waals surface area contributed by atoms with Crippen LogP contribution in [0, 0.1) is 0 Å². The van der Waals surface area contributed by atoms with Gasteiger partial charge in [0.25, 0.3) is 0 Å². The van der Waals surface area contributed by atoms with E-state index < -0.39 is 0 Å². The van der Waals surface area contributed by atoms with E-state index in [4.69, 9.17) is 16.6 Å². The Kier molecular flexibility index (Phi) is 5.60. The number of hydrogen-bond acceptors (Lipinski definition) is 2. The van der Waals surface area contributed by atoms with Crippen LogP contribution in [-0.4, -0.2) is 19.1 Å². The second-order valence-corrected chi connectivity index (χ2v) is 12.4. The summed E-state index contributed by atoms with van der Waals surface area (Å²) in [6.45, 7) is 0. The summed E-state index contributed by atoms with van der Waals surface area (Å²) in [6.07, 6.45) is 0. The van der Waals surface area contributed by atoms with Gasteiger partial charge in [0, 0.05) is 27.2 Å². The zero-order chi connectivity index (χ0) is 31.1. The van der Waals surface area contributed by atoms with Gasteiger partial charge in [0.05, 0.1) is 33.1 Å². The van der Waals surface area contributed by atoms with Crippen LogP contribution in [0.2, 0.25) is 5.15 Å². The second-order valence-electron chi connectivity index (χ2n) is 12.0. The van der Waals surface area contributed by atoms with E-state index in [1.165, 1.54) is 38.1 Å². The van der Waals surface area contributed by atoms with Crippen molar-refractivity contribution in [2.45, 2.75) is 0 Å². The molecule has 0 saturated heterocycles. The molecule has 0 aliphatic rings. The molecule has 0 radical (unpaired) electrons. The van der Waals surface area contributed by atoms with Crippen molar-refractivity contribution in [3.05, 3.63) is 157 Å². The van der Waals surface area contributed by atoms with Crippen molar-refractivity contribution >= 4 is 77.0 Å². The second kappa shape index (κ2) is 10.0. The predicted octanol–water partition coefficient (Wildman–Crippen LogP) is 11.3. The highest BCUT2D eigenvalue weighted by molar-refractivity contribution is 6.31. The summed E-state index contributed by atoms with van der Waals surface area (Å²) in [5.74, 6) is 0.631. The molecule has 0 atom stereocenters. The first-order chi connectivity index (χ1) is 23.2. The molecule has 7 aromatic carbocycles. The van der Waals surface area contributed by atoms with Crippen LogP contribution in [0.1, 0.15) is 0 Å². The number of fused-ring (bicyclic) bond motifs is 9. The minimum Gasteiger partial charge on any atom is -0.309 e. The van der Waals surface area contributed by atoms with Gasteiger partial charge in [-0.05, 0) is 82.6 Å². The Bertz CT molecular complexity index is 2860. The Morgan fingerprint density at radius 1 is 0.426 bits per heavy atom. The standard InChI is InChI=1S/C42H25ClN4/c43-41-42(45-35-16-8-7-15-34(35)44-41)47-36-17-9-6-14-31(36)32-24-27(19-21-37(32)47)28-20-22-38-33(25-28)40-30-13-5-4-10-26(30)18-23-39(40)46(38)29-11-2-1-3-12-29/h1-25H. The monoisotopic (exact) mass is 620 g/mol. The van der Waals surface area contributed by atoms with Gasteiger partial charge in [0.1, 0.15) is 0 Å². The van der Waals surface area contributed by atoms with E-state index in [0.29, 0.717) is 11.0 Å². The third kappa shape index (κ3) is 3.89. The van der Waals surface area contributed by atoms with Gasteiger partial charge in [-0.15, -0.1) is 0 Å². The van der Waals surface area contributed by atoms with Gasteiger partial charge < -0.3 is 4.57 Å². The van der Waals surface area contributed by atoms with Gasteiger partial charge >= 0.3 is 0 Å². The van der Waals surface area contributed by atoms with Crippen LogP contribution in [0.15, 0.2) is 152 Å². The molecule has 0 unspecified atom stereocenters. The summed E-state index contributed by atoms with van der Waals surface area (Å²) in [4.78, 5) is 9.67. The normalized spacial score (nSPS) is 11.9. The number of aromatic nitrogens is 4. The van der Waals surface area contributed by atoms with Gasteiger partial charge in [0.15, 0.2) is 11.0 Å². The average molecular weight is 621 g/mol. The molecule has 220 valence electrons. The van der Waals surface area contributed by atoms with Gasteiger partial charge in [-0.2, -0.15) is 0 Å². The molecular weight excluding hydrogens is 596 g/mol. The number of nitrogens with zero attached hydrogens (tertiary/aromatic N) is 4. The third-order valence-corrected chi connectivity index (χ3v) is 9.65. The molecule has 3 aromatic heterocycles. The molecular formula is C42H25ClN4. The Balaban J connectivity index is 1.22. The molecule has 4 nitrogen and oxygen atoms in total. The maximum Gasteiger partial charge on any atom is 0.176 e. The quantitative estimate of drug-likeness (QED) is 0.197. The van der Waals surface area contributed by atoms with Gasteiger partial charge in [-0.1, -0.05) is 103 Å². The Morgan fingerprint density at radius 2 is 1.02 bits per heavy atom. The highest BCUT2D eigenvalue weighted by Gasteiger charge is 2.19. The van der Waals surface area contributed by atoms with Crippen molar-refractivity contribution in [3.63, 3.8) is 0 Å². The lowest BCUT2D eigenvalue weighted by Gasteiger charge is -2.10. The molecule has 0 aliphatic carbocycles. The summed E-state index contributed by atoms with van der Waals surface area (Å²) in [7, 11) is 0. The minimum absolute atomic E-state index is 0.378. The largest absolute Gasteiger partial charge is 0.309 e. The molecule has 5 heteroatoms. The van der Waals surface area contributed by atoms with E-state index in [1.807, 2.05) is 24.3 Å². The Morgan fingerprint density at radius 3 is 1.83 bits per heavy atom. The van der Waals surface area contributed by atoms with Crippen molar-refractivity contribution in [1.29, 1.82) is 0 Å². The fourth-order valence-corrected chi connectivity index (χ4v) is 7.54. The summed E-state index contributed by atoms with van der Waals surface area (Å²) in [6, 6.07) is 53.6. The minimum atomic E-state index is 0.378. The van der Waals surface area contributed by atoms with Crippen LogP contribution >= 0.6 is 11.6 Å². The molecule has 0 spiro atoms. The van der Waals surface area contributed by atoms with Crippen molar-refractivity contribution < 1.29 is 0 Å². The first-order valence-electron chi connectivity index (χ1n) is 15.7. The number of benzene rings is 7. The topological polar surface area (TPSA) is 35.6 Å². The summed E-state index contributed by atoms with van der Waals surface area (Å²) < 4.78 is 4.52. The predicted molar refractivity (Wildman–Crippen MR) is 196 cm³/mol. The maximum atomic E-state index is 6.82. The molecule has 10 aromatic rings. The van der Waals surface area contributed by atoms with Crippen molar-refractivity contribution in [3.8, 4) is 22.6 Å². The average Bonchev–Trinajstić information content (AvgIpc) is 3.64. The van der Waals surface area contributed by atoms with E-state index in [2.05, 4.69) is 142 Å². The first-order valence-corrected chi connectivity index (χ1v) is 16.1. The molecule has 0 amide bonds. The number of para-hydroxylation sites is 4. The summed E-state index contributed by atoms with van der Waals surface area (Å²) >= 11 is 6.82. The van der Waals surface area contributed by atoms with Gasteiger partial charge in [0.2, 0.25) is 0 Å². The van der Waals surface area contributed by atoms with Gasteiger partial charge in [-0.3, -0.25) is 4.57 Å². The van der Waals surface area contributed by atoms with E-state index in [-0.39, 0.29) is 0 Å². The molecule has 0 aliphatic heterocycles. The van der Waals surface area contributed by atoms with E-state index in [9.17, 15) is 0 Å². The van der Waals surface area contributed by atoms with Crippen LogP contribution in [0.3, 0.4) is 0 Å². The smallest absolute Gasteiger partial charge is 0.176 e. The lowest BCUT2D eigenvalue weighted by molar-refractivity contribution is 1.08. The van der Waals surface area contributed by atoms with Gasteiger partial charge in [-0.25, -0.2) is 9.97 Å². The molecule has 0 fully saturated rings. The molecule has 0 bridgehead atoms. The fourth-order valence-electron chi connectivity index (χ4n) is 7.32. The Hall–Kier alpha value is -5.97. The van der Waals surface area contributed by atoms with Crippen molar-refractivity contribution in [2.75, 3.05) is 0 Å². The lowest BCUT2D eigenvalue weighted by Crippen LogP contribution is -2.01. The number of halogens is 1. The molecule has 0 saturated carbocycles. The molecule has 47 heavy (non-hydrogen) atoms. The van der Waals surface area contributed by atoms with Crippen LogP contribution in [-0.2, 0) is 0 Å². The highest BCUT2D eigenvalue weighted by Crippen LogP contribution is 2.40. The fraction of sp³-hybridized carbons (Fsp3) is 0. The van der Waals surface area contributed by atoms with Crippen molar-refractivity contribution in [1.82, 2.24) is 19.1 Å². The maximum absolute atomic E-state index is 6.82. The number of rotatable bonds is 3. The SMILES string of the molecule is Clc1nc2ccccc2nc1-n1c2ccccc2c2cc(-c3ccc4c(c3)c3c5ccccc5ccc3n4-c3ccccc3)ccc21. The summed E-state index contributed by atoms with van der Waals surface area (Å²) in [5.41, 5.74) is 9.53. The van der Waals surface area contributed by atoms with E-state index in [1.54, 1.807) is 0 Å². The highest BCUT2D eigenvalue weighted by atomic mass is 35.5. The third-order valence-electron chi connectivity index (χ3n) is 9.40. The Labute approximate surface area is 274 Å².